The summed E-state index contributed by atoms with van der Waals surface area (Å²) in [5, 5.41) is 4.07. The van der Waals surface area contributed by atoms with Gasteiger partial charge in [-0.25, -0.2) is 0 Å². The van der Waals surface area contributed by atoms with Crippen molar-refractivity contribution in [1.29, 1.82) is 0 Å². The van der Waals surface area contributed by atoms with Crippen LogP contribution in [0.15, 0.2) is 57.9 Å². The molecule has 0 saturated heterocycles. The van der Waals surface area contributed by atoms with E-state index < -0.39 is 5.91 Å². The number of nitrogens with zero attached hydrogens (tertiary/aromatic N) is 1. The lowest BCUT2D eigenvalue weighted by molar-refractivity contribution is 0.0997. The molecule has 2 aromatic carbocycles. The number of nitrogens with one attached hydrogen (secondary N) is 1. The molecule has 0 spiro atoms. The standard InChI is InChI=1S/C25H24N2O4/c1-4-5-11-30-21-9-8-19(17-7-6-10-26-23(17)21)27-25(29)22-14-20(28)18-13-15(2)12-16(3)24(18)31-22/h6-10,12-14H,4-5,11H2,1-3H3,(H,27,29). The third-order valence-corrected chi connectivity index (χ3v) is 5.12. The average molecular weight is 416 g/mol. The van der Waals surface area contributed by atoms with E-state index in [1.807, 2.05) is 26.0 Å². The van der Waals surface area contributed by atoms with Crippen LogP contribution in [0.1, 0.15) is 41.4 Å². The summed E-state index contributed by atoms with van der Waals surface area (Å²) in [7, 11) is 0. The fraction of sp³-hybridized carbons (Fsp3) is 0.240. The number of unbranched alkanes of at least 4 members (excludes halogenated alkanes) is 1. The highest BCUT2D eigenvalue weighted by atomic mass is 16.5. The zero-order valence-corrected chi connectivity index (χ0v) is 17.8. The van der Waals surface area contributed by atoms with Crippen LogP contribution in [-0.2, 0) is 0 Å². The van der Waals surface area contributed by atoms with E-state index in [1.165, 1.54) is 6.07 Å². The van der Waals surface area contributed by atoms with Crippen LogP contribution in [0.3, 0.4) is 0 Å². The van der Waals surface area contributed by atoms with Gasteiger partial charge in [-0.1, -0.05) is 19.4 Å². The molecular formula is C25H24N2O4. The SMILES string of the molecule is CCCCOc1ccc(NC(=O)c2cc(=O)c3cc(C)cc(C)c3o2)c2cccnc12. The Morgan fingerprint density at radius 1 is 1.13 bits per heavy atom. The second-order valence-electron chi connectivity index (χ2n) is 7.60. The molecule has 2 heterocycles. The van der Waals surface area contributed by atoms with Crippen LogP contribution >= 0.6 is 0 Å². The Balaban J connectivity index is 1.69. The molecule has 4 aromatic rings. The Morgan fingerprint density at radius 2 is 1.97 bits per heavy atom. The number of rotatable bonds is 6. The van der Waals surface area contributed by atoms with Crippen LogP contribution in [0.5, 0.6) is 5.75 Å². The minimum Gasteiger partial charge on any atom is -0.491 e. The molecule has 31 heavy (non-hydrogen) atoms. The Labute approximate surface area is 179 Å². The summed E-state index contributed by atoms with van der Waals surface area (Å²) >= 11 is 0. The lowest BCUT2D eigenvalue weighted by Gasteiger charge is -2.12. The van der Waals surface area contributed by atoms with Gasteiger partial charge < -0.3 is 14.5 Å². The molecule has 0 aliphatic carbocycles. The van der Waals surface area contributed by atoms with E-state index in [0.29, 0.717) is 34.5 Å². The maximum atomic E-state index is 12.9. The minimum atomic E-state index is -0.497. The van der Waals surface area contributed by atoms with Gasteiger partial charge >= 0.3 is 0 Å². The van der Waals surface area contributed by atoms with Crippen molar-refractivity contribution in [2.24, 2.45) is 0 Å². The molecule has 6 heteroatoms. The lowest BCUT2D eigenvalue weighted by Crippen LogP contribution is -2.15. The van der Waals surface area contributed by atoms with Gasteiger partial charge in [0.25, 0.3) is 5.91 Å². The largest absolute Gasteiger partial charge is 0.491 e. The van der Waals surface area contributed by atoms with E-state index in [9.17, 15) is 9.59 Å². The first kappa shape index (κ1) is 20.6. The Bertz CT molecular complexity index is 1340. The number of aromatic nitrogens is 1. The van der Waals surface area contributed by atoms with Crippen molar-refractivity contribution in [2.45, 2.75) is 33.6 Å². The van der Waals surface area contributed by atoms with Crippen molar-refractivity contribution in [3.05, 3.63) is 75.8 Å². The molecule has 0 unspecified atom stereocenters. The summed E-state index contributed by atoms with van der Waals surface area (Å²) in [6.07, 6.45) is 3.68. The summed E-state index contributed by atoms with van der Waals surface area (Å²) in [4.78, 5) is 29.9. The van der Waals surface area contributed by atoms with E-state index in [2.05, 4.69) is 17.2 Å². The number of carbonyl (C=O) groups excluding carboxylic acids is 1. The number of pyridine rings is 1. The van der Waals surface area contributed by atoms with E-state index in [1.54, 1.807) is 30.5 Å². The van der Waals surface area contributed by atoms with Crippen molar-refractivity contribution in [1.82, 2.24) is 4.98 Å². The highest BCUT2D eigenvalue weighted by Gasteiger charge is 2.16. The maximum absolute atomic E-state index is 12.9. The van der Waals surface area contributed by atoms with Crippen LogP contribution in [-0.4, -0.2) is 17.5 Å². The second kappa shape index (κ2) is 8.60. The van der Waals surface area contributed by atoms with E-state index >= 15 is 0 Å². The molecule has 0 aliphatic rings. The quantitative estimate of drug-likeness (QED) is 0.426. The van der Waals surface area contributed by atoms with E-state index in [4.69, 9.17) is 9.15 Å². The molecule has 0 aliphatic heterocycles. The van der Waals surface area contributed by atoms with Gasteiger partial charge in [-0.2, -0.15) is 0 Å². The molecule has 1 amide bonds. The number of hydrogen-bond acceptors (Lipinski definition) is 5. The third-order valence-electron chi connectivity index (χ3n) is 5.12. The molecule has 158 valence electrons. The molecule has 0 saturated carbocycles. The van der Waals surface area contributed by atoms with E-state index in [0.717, 1.165) is 29.4 Å². The zero-order chi connectivity index (χ0) is 22.0. The van der Waals surface area contributed by atoms with Gasteiger partial charge in [-0.15, -0.1) is 0 Å². The van der Waals surface area contributed by atoms with Gasteiger partial charge in [-0.05, 0) is 61.7 Å². The van der Waals surface area contributed by atoms with E-state index in [-0.39, 0.29) is 11.2 Å². The van der Waals surface area contributed by atoms with Crippen molar-refractivity contribution < 1.29 is 13.9 Å². The third kappa shape index (κ3) is 4.14. The topological polar surface area (TPSA) is 81.4 Å². The van der Waals surface area contributed by atoms with Gasteiger partial charge in [0.2, 0.25) is 0 Å². The molecule has 0 bridgehead atoms. The molecule has 0 radical (unpaired) electrons. The van der Waals surface area contributed by atoms with Crippen LogP contribution in [0.25, 0.3) is 21.9 Å². The normalized spacial score (nSPS) is 11.1. The van der Waals surface area contributed by atoms with Gasteiger partial charge in [0.05, 0.1) is 17.7 Å². The first-order chi connectivity index (χ1) is 15.0. The number of hydrogen-bond donors (Lipinski definition) is 1. The van der Waals surface area contributed by atoms with Crippen molar-refractivity contribution in [3.63, 3.8) is 0 Å². The van der Waals surface area contributed by atoms with Crippen LogP contribution < -0.4 is 15.5 Å². The number of fused-ring (bicyclic) bond motifs is 2. The number of benzene rings is 2. The average Bonchev–Trinajstić information content (AvgIpc) is 2.75. The fourth-order valence-corrected chi connectivity index (χ4v) is 3.60. The number of ether oxygens (including phenoxy) is 1. The Hall–Kier alpha value is -3.67. The van der Waals surface area contributed by atoms with Crippen molar-refractivity contribution in [3.8, 4) is 5.75 Å². The Morgan fingerprint density at radius 3 is 2.77 bits per heavy atom. The smallest absolute Gasteiger partial charge is 0.291 e. The van der Waals surface area contributed by atoms with Gasteiger partial charge in [0.15, 0.2) is 11.2 Å². The van der Waals surface area contributed by atoms with Crippen molar-refractivity contribution >= 4 is 33.5 Å². The monoisotopic (exact) mass is 416 g/mol. The van der Waals surface area contributed by atoms with Crippen LogP contribution in [0.4, 0.5) is 5.69 Å². The first-order valence-electron chi connectivity index (χ1n) is 10.3. The second-order valence-corrected chi connectivity index (χ2v) is 7.60. The van der Waals surface area contributed by atoms with Gasteiger partial charge in [-0.3, -0.25) is 14.6 Å². The fourth-order valence-electron chi connectivity index (χ4n) is 3.60. The number of amides is 1. The highest BCUT2D eigenvalue weighted by molar-refractivity contribution is 6.08. The molecule has 2 aromatic heterocycles. The molecule has 0 fully saturated rings. The zero-order valence-electron chi connectivity index (χ0n) is 17.8. The minimum absolute atomic E-state index is 0.0373. The summed E-state index contributed by atoms with van der Waals surface area (Å²) in [5.41, 5.74) is 3.19. The molecule has 1 N–H and O–H groups in total. The molecule has 6 nitrogen and oxygen atoms in total. The predicted octanol–water partition coefficient (Wildman–Crippen LogP) is 5.39. The van der Waals surface area contributed by atoms with Gasteiger partial charge in [0.1, 0.15) is 16.8 Å². The van der Waals surface area contributed by atoms with Crippen LogP contribution in [0.2, 0.25) is 0 Å². The molecular weight excluding hydrogens is 392 g/mol. The summed E-state index contributed by atoms with van der Waals surface area (Å²) < 4.78 is 11.7. The summed E-state index contributed by atoms with van der Waals surface area (Å²) in [6.45, 7) is 6.48. The number of anilines is 1. The lowest BCUT2D eigenvalue weighted by atomic mass is 10.1. The van der Waals surface area contributed by atoms with Gasteiger partial charge in [0, 0.05) is 17.6 Å². The molecule has 0 atom stereocenters. The maximum Gasteiger partial charge on any atom is 0.291 e. The highest BCUT2D eigenvalue weighted by Crippen LogP contribution is 2.30. The molecule has 4 rings (SSSR count). The number of aryl methyl sites for hydroxylation is 2. The van der Waals surface area contributed by atoms with Crippen molar-refractivity contribution in [2.75, 3.05) is 11.9 Å². The Kier molecular flexibility index (Phi) is 5.71. The summed E-state index contributed by atoms with van der Waals surface area (Å²) in [6, 6.07) is 12.2. The van der Waals surface area contributed by atoms with Crippen LogP contribution in [0, 0.1) is 13.8 Å². The number of carbonyl (C=O) groups is 1. The predicted molar refractivity (Wildman–Crippen MR) is 122 cm³/mol. The first-order valence-corrected chi connectivity index (χ1v) is 10.3. The summed E-state index contributed by atoms with van der Waals surface area (Å²) in [5.74, 6) is 0.138.